The van der Waals surface area contributed by atoms with Crippen LogP contribution in [0.1, 0.15) is 31.4 Å². The number of ether oxygens (including phenoxy) is 1. The van der Waals surface area contributed by atoms with Gasteiger partial charge in [0.25, 0.3) is 0 Å². The average molecular weight is 475 g/mol. The van der Waals surface area contributed by atoms with Crippen LogP contribution in [0.2, 0.25) is 0 Å². The van der Waals surface area contributed by atoms with E-state index in [9.17, 15) is 9.18 Å². The zero-order chi connectivity index (χ0) is 23.5. The third-order valence-electron chi connectivity index (χ3n) is 5.62. The Hall–Kier alpha value is -3.65. The summed E-state index contributed by atoms with van der Waals surface area (Å²) >= 11 is 1.48. The van der Waals surface area contributed by atoms with Gasteiger partial charge in [0.05, 0.1) is 10.4 Å². The third kappa shape index (κ3) is 4.97. The minimum absolute atomic E-state index is 0.238. The number of aromatic nitrogens is 2. The highest BCUT2D eigenvalue weighted by Crippen LogP contribution is 2.59. The summed E-state index contributed by atoms with van der Waals surface area (Å²) in [5.74, 6) is 1.16. The fraction of sp³-hybridized carbons (Fsp3) is 0.192. The van der Waals surface area contributed by atoms with Gasteiger partial charge in [-0.1, -0.05) is 18.2 Å². The molecule has 3 N–H and O–H groups in total. The Morgan fingerprint density at radius 2 is 1.88 bits per heavy atom. The van der Waals surface area contributed by atoms with Gasteiger partial charge in [-0.25, -0.2) is 19.2 Å². The Labute approximate surface area is 201 Å². The number of thioether (sulfide) groups is 1. The van der Waals surface area contributed by atoms with Crippen LogP contribution in [0.5, 0.6) is 0 Å². The summed E-state index contributed by atoms with van der Waals surface area (Å²) in [6.45, 7) is 0. The van der Waals surface area contributed by atoms with E-state index in [2.05, 4.69) is 10.3 Å². The molecule has 0 spiro atoms. The van der Waals surface area contributed by atoms with Crippen molar-refractivity contribution >= 4 is 29.4 Å². The van der Waals surface area contributed by atoms with Gasteiger partial charge in [0.15, 0.2) is 5.82 Å². The van der Waals surface area contributed by atoms with Gasteiger partial charge in [0.1, 0.15) is 17.4 Å². The standard InChI is InChI=1S/C26H23FN4O2S/c27-20-8-4-5-9-21(20)34-26(14-15-26)22-16-23(28)31-24(30-22)17-10-12-18(13-11-17)29-25(32)33-19-6-2-1-3-7-19/h2,4-13,16H,1,3,14-15H2,(H,29,32)(H2,28,30,31). The Morgan fingerprint density at radius 1 is 1.09 bits per heavy atom. The number of carbonyl (C=O) groups is 1. The number of hydrogen-bond acceptors (Lipinski definition) is 6. The van der Waals surface area contributed by atoms with E-state index < -0.39 is 6.09 Å². The van der Waals surface area contributed by atoms with Gasteiger partial charge in [0, 0.05) is 22.2 Å². The van der Waals surface area contributed by atoms with Crippen LogP contribution in [0.3, 0.4) is 0 Å². The average Bonchev–Trinajstić information content (AvgIpc) is 3.62. The summed E-state index contributed by atoms with van der Waals surface area (Å²) in [4.78, 5) is 21.9. The molecule has 1 saturated carbocycles. The molecule has 8 heteroatoms. The second-order valence-corrected chi connectivity index (χ2v) is 9.63. The van der Waals surface area contributed by atoms with E-state index in [0.29, 0.717) is 28.0 Å². The number of rotatable bonds is 6. The first-order valence-electron chi connectivity index (χ1n) is 11.1. The number of nitrogen functional groups attached to an aromatic ring is 1. The quantitative estimate of drug-likeness (QED) is 0.428. The van der Waals surface area contributed by atoms with Crippen molar-refractivity contribution in [2.45, 2.75) is 35.3 Å². The van der Waals surface area contributed by atoms with E-state index in [1.165, 1.54) is 17.8 Å². The van der Waals surface area contributed by atoms with Crippen molar-refractivity contribution in [2.24, 2.45) is 0 Å². The van der Waals surface area contributed by atoms with E-state index in [0.717, 1.165) is 36.9 Å². The van der Waals surface area contributed by atoms with E-state index in [1.54, 1.807) is 36.4 Å². The maximum atomic E-state index is 14.2. The Balaban J connectivity index is 1.31. The van der Waals surface area contributed by atoms with Crippen molar-refractivity contribution < 1.29 is 13.9 Å². The summed E-state index contributed by atoms with van der Waals surface area (Å²) < 4.78 is 19.2. The van der Waals surface area contributed by atoms with Crippen molar-refractivity contribution in [1.29, 1.82) is 0 Å². The van der Waals surface area contributed by atoms with Gasteiger partial charge in [-0.2, -0.15) is 0 Å². The van der Waals surface area contributed by atoms with Crippen LogP contribution in [0.25, 0.3) is 11.4 Å². The number of nitrogens with zero attached hydrogens (tertiary/aromatic N) is 2. The molecule has 0 aliphatic heterocycles. The van der Waals surface area contributed by atoms with Crippen LogP contribution in [-0.4, -0.2) is 16.1 Å². The molecular formula is C26H23FN4O2S. The predicted octanol–water partition coefficient (Wildman–Crippen LogP) is 6.43. The molecule has 1 heterocycles. The minimum Gasteiger partial charge on any atom is -0.410 e. The summed E-state index contributed by atoms with van der Waals surface area (Å²) in [7, 11) is 0. The molecule has 0 radical (unpaired) electrons. The molecule has 2 aliphatic rings. The van der Waals surface area contributed by atoms with Gasteiger partial charge in [0.2, 0.25) is 0 Å². The number of nitrogens with two attached hydrogens (primary N) is 1. The van der Waals surface area contributed by atoms with E-state index in [1.807, 2.05) is 30.4 Å². The van der Waals surface area contributed by atoms with Crippen molar-refractivity contribution in [3.05, 3.63) is 90.1 Å². The molecule has 2 aliphatic carbocycles. The first-order chi connectivity index (χ1) is 16.5. The maximum absolute atomic E-state index is 14.2. The van der Waals surface area contributed by atoms with E-state index in [4.69, 9.17) is 15.5 Å². The SMILES string of the molecule is Nc1cc(C2(Sc3ccccc3F)CC2)nc(-c2ccc(NC(=O)OC3=CCCC=C3)cc2)n1. The smallest absolute Gasteiger partial charge is 0.410 e. The summed E-state index contributed by atoms with van der Waals surface area (Å²) in [6.07, 6.45) is 8.68. The van der Waals surface area contributed by atoms with Gasteiger partial charge < -0.3 is 10.5 Å². The normalized spacial score (nSPS) is 16.0. The fourth-order valence-electron chi connectivity index (χ4n) is 3.71. The molecule has 6 nitrogen and oxygen atoms in total. The summed E-state index contributed by atoms with van der Waals surface area (Å²) in [5, 5.41) is 2.72. The van der Waals surface area contributed by atoms with Gasteiger partial charge in [-0.15, -0.1) is 11.8 Å². The van der Waals surface area contributed by atoms with Crippen LogP contribution >= 0.6 is 11.8 Å². The first kappa shape index (κ1) is 22.2. The molecule has 34 heavy (non-hydrogen) atoms. The monoisotopic (exact) mass is 474 g/mol. The topological polar surface area (TPSA) is 90.1 Å². The Kier molecular flexibility index (Phi) is 6.06. The molecule has 1 aromatic heterocycles. The number of allylic oxidation sites excluding steroid dienone is 3. The van der Waals surface area contributed by atoms with Crippen molar-refractivity contribution in [3.8, 4) is 11.4 Å². The molecule has 0 unspecified atom stereocenters. The lowest BCUT2D eigenvalue weighted by Crippen LogP contribution is -2.13. The van der Waals surface area contributed by atoms with Crippen molar-refractivity contribution in [1.82, 2.24) is 9.97 Å². The third-order valence-corrected chi connectivity index (χ3v) is 7.18. The lowest BCUT2D eigenvalue weighted by atomic mass is 10.1. The molecule has 1 fully saturated rings. The van der Waals surface area contributed by atoms with Crippen LogP contribution in [0, 0.1) is 5.82 Å². The number of carbonyl (C=O) groups excluding carboxylic acids is 1. The molecule has 5 rings (SSSR count). The molecule has 0 saturated heterocycles. The molecule has 0 bridgehead atoms. The zero-order valence-electron chi connectivity index (χ0n) is 18.3. The predicted molar refractivity (Wildman–Crippen MR) is 132 cm³/mol. The summed E-state index contributed by atoms with van der Waals surface area (Å²) in [6, 6.07) is 15.7. The van der Waals surface area contributed by atoms with Gasteiger partial charge >= 0.3 is 6.09 Å². The zero-order valence-corrected chi connectivity index (χ0v) is 19.1. The van der Waals surface area contributed by atoms with Crippen LogP contribution in [-0.2, 0) is 9.48 Å². The fourth-order valence-corrected chi connectivity index (χ4v) is 4.96. The molecule has 172 valence electrons. The highest BCUT2D eigenvalue weighted by Gasteiger charge is 2.47. The molecule has 3 aromatic rings. The summed E-state index contributed by atoms with van der Waals surface area (Å²) in [5.41, 5.74) is 8.26. The Morgan fingerprint density at radius 3 is 2.59 bits per heavy atom. The Bertz CT molecular complexity index is 1290. The van der Waals surface area contributed by atoms with E-state index in [-0.39, 0.29) is 10.6 Å². The number of benzene rings is 2. The molecule has 2 aromatic carbocycles. The molecule has 1 amide bonds. The van der Waals surface area contributed by atoms with E-state index >= 15 is 0 Å². The molecule has 0 atom stereocenters. The number of anilines is 2. The van der Waals surface area contributed by atoms with Gasteiger partial charge in [-0.05, 0) is 74.2 Å². The second-order valence-electron chi connectivity index (χ2n) is 8.21. The van der Waals surface area contributed by atoms with Crippen LogP contribution in [0.4, 0.5) is 20.7 Å². The minimum atomic E-state index is -0.547. The highest BCUT2D eigenvalue weighted by atomic mass is 32.2. The van der Waals surface area contributed by atoms with Crippen molar-refractivity contribution in [3.63, 3.8) is 0 Å². The maximum Gasteiger partial charge on any atom is 0.417 e. The largest absolute Gasteiger partial charge is 0.417 e. The van der Waals surface area contributed by atoms with Crippen LogP contribution in [0.15, 0.2) is 83.5 Å². The number of halogens is 1. The van der Waals surface area contributed by atoms with Crippen molar-refractivity contribution in [2.75, 3.05) is 11.1 Å². The number of nitrogens with one attached hydrogen (secondary N) is 1. The lowest BCUT2D eigenvalue weighted by molar-refractivity contribution is 0.194. The highest BCUT2D eigenvalue weighted by molar-refractivity contribution is 8.00. The first-order valence-corrected chi connectivity index (χ1v) is 11.9. The molecular weight excluding hydrogens is 451 g/mol. The number of amides is 1. The number of hydrogen-bond donors (Lipinski definition) is 2. The lowest BCUT2D eigenvalue weighted by Gasteiger charge is -2.16. The van der Waals surface area contributed by atoms with Gasteiger partial charge in [-0.3, -0.25) is 5.32 Å². The van der Waals surface area contributed by atoms with Crippen LogP contribution < -0.4 is 11.1 Å². The second kappa shape index (κ2) is 9.30.